The minimum absolute atomic E-state index is 0.668. The molecule has 47 valence electrons. The summed E-state index contributed by atoms with van der Waals surface area (Å²) in [5, 5.41) is 0. The Kier molecular flexibility index (Phi) is 1.68. The third kappa shape index (κ3) is 1.42. The van der Waals surface area contributed by atoms with Crippen LogP contribution in [0, 0.1) is 6.07 Å². The number of aryl methyl sites for hydroxylation is 1. The third-order valence-electron chi connectivity index (χ3n) is 1.11. The first-order valence-corrected chi connectivity index (χ1v) is 2.95. The fourth-order valence-electron chi connectivity index (χ4n) is 0.628. The maximum atomic E-state index is 5.44. The molecule has 2 nitrogen and oxygen atoms in total. The Morgan fingerprint density at radius 3 is 3.00 bits per heavy atom. The molecule has 1 heterocycles. The number of nitrogen functional groups attached to an aromatic ring is 1. The molecular weight excluding hydrogens is 112 g/mol. The van der Waals surface area contributed by atoms with E-state index in [-0.39, 0.29) is 0 Å². The Morgan fingerprint density at radius 1 is 1.78 bits per heavy atom. The minimum Gasteiger partial charge on any atom is -0.398 e. The maximum Gasteiger partial charge on any atom is 0.0501 e. The first-order valence-electron chi connectivity index (χ1n) is 2.95. The number of hydrogen-bond acceptors (Lipinski definition) is 2. The van der Waals surface area contributed by atoms with Crippen molar-refractivity contribution < 1.29 is 0 Å². The predicted octanol–water partition coefficient (Wildman–Crippen LogP) is 1.03. The molecule has 2 N–H and O–H groups in total. The summed E-state index contributed by atoms with van der Waals surface area (Å²) in [6.45, 7) is 2.03. The van der Waals surface area contributed by atoms with Gasteiger partial charge in [-0.1, -0.05) is 6.92 Å². The fourth-order valence-corrected chi connectivity index (χ4v) is 0.628. The monoisotopic (exact) mass is 121 g/mol. The van der Waals surface area contributed by atoms with E-state index in [4.69, 9.17) is 5.73 Å². The lowest BCUT2D eigenvalue weighted by molar-refractivity contribution is 1.03. The first kappa shape index (κ1) is 6.08. The highest BCUT2D eigenvalue weighted by molar-refractivity contribution is 5.35. The van der Waals surface area contributed by atoms with Gasteiger partial charge in [0.1, 0.15) is 0 Å². The summed E-state index contributed by atoms with van der Waals surface area (Å²) in [6.07, 6.45) is 2.59. The molecule has 0 unspecified atom stereocenters. The van der Waals surface area contributed by atoms with Crippen LogP contribution >= 0.6 is 0 Å². The summed E-state index contributed by atoms with van der Waals surface area (Å²) in [6, 6.07) is 4.66. The zero-order valence-electron chi connectivity index (χ0n) is 5.39. The normalized spacial score (nSPS) is 9.44. The van der Waals surface area contributed by atoms with E-state index >= 15 is 0 Å². The van der Waals surface area contributed by atoms with Gasteiger partial charge in [-0.2, -0.15) is 0 Å². The van der Waals surface area contributed by atoms with Crippen molar-refractivity contribution in [3.05, 3.63) is 24.0 Å². The molecule has 2 heteroatoms. The molecule has 1 radical (unpaired) electrons. The van der Waals surface area contributed by atoms with Gasteiger partial charge in [0.15, 0.2) is 0 Å². The van der Waals surface area contributed by atoms with Crippen molar-refractivity contribution >= 4 is 5.69 Å². The summed E-state index contributed by atoms with van der Waals surface area (Å²) in [5.41, 5.74) is 7.03. The molecule has 0 fully saturated rings. The average molecular weight is 121 g/mol. The van der Waals surface area contributed by atoms with E-state index in [0.717, 1.165) is 12.1 Å². The van der Waals surface area contributed by atoms with Crippen LogP contribution in [0.15, 0.2) is 12.3 Å². The second-order valence-corrected chi connectivity index (χ2v) is 1.83. The van der Waals surface area contributed by atoms with Gasteiger partial charge < -0.3 is 5.73 Å². The third-order valence-corrected chi connectivity index (χ3v) is 1.11. The largest absolute Gasteiger partial charge is 0.398 e. The lowest BCUT2D eigenvalue weighted by atomic mass is 10.3. The summed E-state index contributed by atoms with van der Waals surface area (Å²) >= 11 is 0. The van der Waals surface area contributed by atoms with Crippen molar-refractivity contribution in [2.45, 2.75) is 13.3 Å². The van der Waals surface area contributed by atoms with Crippen LogP contribution < -0.4 is 5.73 Å². The summed E-state index contributed by atoms with van der Waals surface area (Å²) in [7, 11) is 0. The molecule has 0 amide bonds. The molecule has 0 bridgehead atoms. The zero-order valence-corrected chi connectivity index (χ0v) is 5.39. The van der Waals surface area contributed by atoms with E-state index in [1.165, 1.54) is 0 Å². The minimum atomic E-state index is 0.668. The van der Waals surface area contributed by atoms with Gasteiger partial charge in [0.2, 0.25) is 0 Å². The van der Waals surface area contributed by atoms with Gasteiger partial charge in [0.25, 0.3) is 0 Å². The number of hydrogen-bond donors (Lipinski definition) is 1. The Bertz CT molecular complexity index is 196. The molecule has 1 aromatic heterocycles. The van der Waals surface area contributed by atoms with Gasteiger partial charge in [-0.3, -0.25) is 4.98 Å². The van der Waals surface area contributed by atoms with Crippen molar-refractivity contribution in [3.8, 4) is 0 Å². The number of nitrogens with two attached hydrogens (primary N) is 1. The smallest absolute Gasteiger partial charge is 0.0501 e. The summed E-state index contributed by atoms with van der Waals surface area (Å²) < 4.78 is 0. The van der Waals surface area contributed by atoms with Crippen LogP contribution in [0.5, 0.6) is 0 Å². The molecule has 0 saturated carbocycles. The Labute approximate surface area is 54.7 Å². The lowest BCUT2D eigenvalue weighted by Crippen LogP contribution is -1.90. The second kappa shape index (κ2) is 2.49. The average Bonchev–Trinajstić information content (AvgIpc) is 1.88. The fraction of sp³-hybridized carbons (Fsp3) is 0.286. The Balaban J connectivity index is 2.94. The zero-order chi connectivity index (χ0) is 6.69. The highest BCUT2D eigenvalue weighted by Gasteiger charge is 1.89. The summed E-state index contributed by atoms with van der Waals surface area (Å²) in [5.74, 6) is 0. The quantitative estimate of drug-likeness (QED) is 0.602. The molecule has 0 aliphatic carbocycles. The molecule has 0 aliphatic heterocycles. The van der Waals surface area contributed by atoms with E-state index in [1.54, 1.807) is 12.3 Å². The van der Waals surface area contributed by atoms with E-state index < -0.39 is 0 Å². The van der Waals surface area contributed by atoms with Crippen molar-refractivity contribution in [1.29, 1.82) is 0 Å². The van der Waals surface area contributed by atoms with Gasteiger partial charge in [0.05, 0.1) is 5.69 Å². The van der Waals surface area contributed by atoms with Crippen molar-refractivity contribution in [2.75, 3.05) is 5.73 Å². The number of aromatic nitrogens is 1. The molecule has 0 atom stereocenters. The van der Waals surface area contributed by atoms with Crippen LogP contribution in [0.1, 0.15) is 12.6 Å². The van der Waals surface area contributed by atoms with Crippen molar-refractivity contribution in [2.24, 2.45) is 0 Å². The van der Waals surface area contributed by atoms with Gasteiger partial charge in [-0.05, 0) is 12.5 Å². The highest BCUT2D eigenvalue weighted by atomic mass is 14.7. The van der Waals surface area contributed by atoms with Crippen LogP contribution in [0.2, 0.25) is 0 Å². The summed E-state index contributed by atoms with van der Waals surface area (Å²) in [4.78, 5) is 4.02. The van der Waals surface area contributed by atoms with Gasteiger partial charge >= 0.3 is 0 Å². The number of pyridine rings is 1. The Hall–Kier alpha value is -1.05. The van der Waals surface area contributed by atoms with E-state index in [0.29, 0.717) is 5.69 Å². The van der Waals surface area contributed by atoms with E-state index in [2.05, 4.69) is 11.1 Å². The van der Waals surface area contributed by atoms with Crippen LogP contribution in [-0.4, -0.2) is 4.98 Å². The number of nitrogens with zero attached hydrogens (tertiary/aromatic N) is 1. The van der Waals surface area contributed by atoms with Gasteiger partial charge in [-0.15, -0.1) is 0 Å². The molecule has 0 aromatic carbocycles. The highest BCUT2D eigenvalue weighted by Crippen LogP contribution is 2.00. The first-order chi connectivity index (χ1) is 4.33. The van der Waals surface area contributed by atoms with E-state index in [9.17, 15) is 0 Å². The second-order valence-electron chi connectivity index (χ2n) is 1.83. The molecule has 0 spiro atoms. The van der Waals surface area contributed by atoms with E-state index in [1.807, 2.05) is 6.92 Å². The molecule has 0 saturated heterocycles. The molecule has 0 aliphatic rings. The van der Waals surface area contributed by atoms with Gasteiger partial charge in [-0.25, -0.2) is 0 Å². The topological polar surface area (TPSA) is 38.9 Å². The number of rotatable bonds is 1. The SMILES string of the molecule is CCc1[c]c(N)ccn1. The van der Waals surface area contributed by atoms with Crippen LogP contribution in [-0.2, 0) is 6.42 Å². The standard InChI is InChI=1S/C7H9N2/c1-2-7-5-6(8)3-4-9-7/h3-4H,2H2,1H3,(H2,8,9). The number of anilines is 1. The molecular formula is C7H9N2. The lowest BCUT2D eigenvalue weighted by Gasteiger charge is -1.93. The Morgan fingerprint density at radius 2 is 2.56 bits per heavy atom. The molecule has 1 rings (SSSR count). The molecule has 1 aromatic rings. The van der Waals surface area contributed by atoms with Crippen molar-refractivity contribution in [3.63, 3.8) is 0 Å². The maximum absolute atomic E-state index is 5.44. The molecule has 9 heavy (non-hydrogen) atoms. The van der Waals surface area contributed by atoms with Crippen LogP contribution in [0.25, 0.3) is 0 Å². The van der Waals surface area contributed by atoms with Crippen LogP contribution in [0.3, 0.4) is 0 Å². The van der Waals surface area contributed by atoms with Crippen molar-refractivity contribution in [1.82, 2.24) is 4.98 Å². The van der Waals surface area contributed by atoms with Crippen LogP contribution in [0.4, 0.5) is 5.69 Å². The van der Waals surface area contributed by atoms with Gasteiger partial charge in [0, 0.05) is 18.0 Å². The predicted molar refractivity (Wildman–Crippen MR) is 36.9 cm³/mol.